The number of carbonyl (C=O) groups excluding carboxylic acids is 2. The number of β-amino-alcohol motifs (C(OH)–C–C–N with tert-alkyl or cyclic N) is 1. The average Bonchev–Trinajstić information content (AvgIpc) is 2.77. The van der Waals surface area contributed by atoms with Crippen LogP contribution in [0.3, 0.4) is 0 Å². The molecule has 7 nitrogen and oxygen atoms in total. The second-order valence-corrected chi connectivity index (χ2v) is 8.07. The van der Waals surface area contributed by atoms with Crippen LogP contribution in [0.5, 0.6) is 0 Å². The highest BCUT2D eigenvalue weighted by Gasteiger charge is 2.40. The monoisotopic (exact) mass is 424 g/mol. The van der Waals surface area contributed by atoms with Gasteiger partial charge in [0.05, 0.1) is 37.9 Å². The van der Waals surface area contributed by atoms with Crippen LogP contribution in [-0.2, 0) is 14.3 Å². The van der Waals surface area contributed by atoms with Gasteiger partial charge in [0.2, 0.25) is 5.91 Å². The molecule has 2 aliphatic rings. The van der Waals surface area contributed by atoms with Crippen LogP contribution in [0.15, 0.2) is 60.7 Å². The van der Waals surface area contributed by atoms with E-state index in [9.17, 15) is 14.7 Å². The van der Waals surface area contributed by atoms with Crippen molar-refractivity contribution >= 4 is 17.5 Å². The van der Waals surface area contributed by atoms with Crippen LogP contribution in [0.1, 0.15) is 29.6 Å². The lowest BCUT2D eigenvalue weighted by Crippen LogP contribution is -2.57. The number of anilines is 1. The summed E-state index contributed by atoms with van der Waals surface area (Å²) in [5, 5.41) is 13.2. The largest absolute Gasteiger partial charge is 0.389 e. The predicted octanol–water partition coefficient (Wildman–Crippen LogP) is 2.46. The van der Waals surface area contributed by atoms with Gasteiger partial charge >= 0.3 is 0 Å². The Balaban J connectivity index is 1.43. The fraction of sp³-hybridized carbons (Fsp3) is 0.417. The van der Waals surface area contributed by atoms with Crippen LogP contribution >= 0.6 is 0 Å². The summed E-state index contributed by atoms with van der Waals surface area (Å²) in [5.41, 5.74) is 1.34. The molecule has 0 unspecified atom stereocenters. The van der Waals surface area contributed by atoms with Gasteiger partial charge in [-0.1, -0.05) is 36.4 Å². The Bertz CT molecular complexity index is 876. The Labute approximate surface area is 182 Å². The first-order valence-corrected chi connectivity index (χ1v) is 10.7. The lowest BCUT2D eigenvalue weighted by molar-refractivity contribution is -0.149. The van der Waals surface area contributed by atoms with E-state index in [4.69, 9.17) is 9.47 Å². The van der Waals surface area contributed by atoms with Crippen LogP contribution in [-0.4, -0.2) is 65.9 Å². The number of hydrogen-bond donors (Lipinski definition) is 2. The molecule has 0 aromatic heterocycles. The molecule has 2 aliphatic heterocycles. The van der Waals surface area contributed by atoms with Gasteiger partial charge in [-0.25, -0.2) is 0 Å². The molecule has 2 N–H and O–H groups in total. The molecule has 2 aromatic carbocycles. The number of rotatable bonds is 4. The van der Waals surface area contributed by atoms with Gasteiger partial charge in [0.15, 0.2) is 0 Å². The summed E-state index contributed by atoms with van der Waals surface area (Å²) in [4.78, 5) is 27.3. The van der Waals surface area contributed by atoms with E-state index in [0.29, 0.717) is 18.4 Å². The van der Waals surface area contributed by atoms with Crippen molar-refractivity contribution in [2.45, 2.75) is 43.6 Å². The summed E-state index contributed by atoms with van der Waals surface area (Å²) in [7, 11) is 0. The molecule has 2 amide bonds. The minimum atomic E-state index is -0.747. The second kappa shape index (κ2) is 10.0. The molecular formula is C24H28N2O5. The van der Waals surface area contributed by atoms with Crippen LogP contribution < -0.4 is 5.32 Å². The summed E-state index contributed by atoms with van der Waals surface area (Å²) < 4.78 is 11.8. The highest BCUT2D eigenvalue weighted by molar-refractivity contribution is 5.94. The minimum Gasteiger partial charge on any atom is -0.389 e. The van der Waals surface area contributed by atoms with E-state index in [0.717, 1.165) is 5.69 Å². The van der Waals surface area contributed by atoms with Crippen LogP contribution in [0.2, 0.25) is 0 Å². The predicted molar refractivity (Wildman–Crippen MR) is 116 cm³/mol. The lowest BCUT2D eigenvalue weighted by atomic mass is 9.94. The first-order chi connectivity index (χ1) is 15.1. The first-order valence-electron chi connectivity index (χ1n) is 10.7. The highest BCUT2D eigenvalue weighted by atomic mass is 16.5. The number of nitrogens with one attached hydrogen (secondary N) is 1. The molecule has 0 spiro atoms. The summed E-state index contributed by atoms with van der Waals surface area (Å²) in [6.07, 6.45) is 0.242. The highest BCUT2D eigenvalue weighted by Crippen LogP contribution is 2.29. The number of aliphatic hydroxyl groups excluding tert-OH is 1. The molecule has 2 heterocycles. The third-order valence-electron chi connectivity index (χ3n) is 5.73. The molecule has 2 fully saturated rings. The minimum absolute atomic E-state index is 0.103. The van der Waals surface area contributed by atoms with Gasteiger partial charge in [0, 0.05) is 17.8 Å². The zero-order valence-electron chi connectivity index (χ0n) is 17.4. The molecule has 0 aliphatic carbocycles. The molecule has 164 valence electrons. The number of nitrogens with zero attached hydrogens (tertiary/aromatic N) is 1. The maximum Gasteiger partial charge on any atom is 0.254 e. The Kier molecular flexibility index (Phi) is 6.96. The number of hydrogen-bond acceptors (Lipinski definition) is 5. The number of benzene rings is 2. The van der Waals surface area contributed by atoms with Crippen molar-refractivity contribution in [2.75, 3.05) is 25.1 Å². The molecule has 7 heteroatoms. The van der Waals surface area contributed by atoms with Crippen LogP contribution in [0.4, 0.5) is 5.69 Å². The number of ether oxygens (including phenoxy) is 2. The fourth-order valence-electron chi connectivity index (χ4n) is 4.26. The van der Waals surface area contributed by atoms with E-state index in [-0.39, 0.29) is 56.2 Å². The van der Waals surface area contributed by atoms with Crippen molar-refractivity contribution in [3.05, 3.63) is 66.2 Å². The maximum absolute atomic E-state index is 13.2. The molecular weight excluding hydrogens is 396 g/mol. The average molecular weight is 424 g/mol. The maximum atomic E-state index is 13.2. The molecule has 4 rings (SSSR count). The third-order valence-corrected chi connectivity index (χ3v) is 5.73. The first kappa shape index (κ1) is 21.5. The van der Waals surface area contributed by atoms with E-state index in [1.54, 1.807) is 17.0 Å². The molecule has 0 bridgehead atoms. The molecule has 2 saturated heterocycles. The van der Waals surface area contributed by atoms with E-state index in [1.807, 2.05) is 48.5 Å². The van der Waals surface area contributed by atoms with Gasteiger partial charge in [-0.2, -0.15) is 0 Å². The molecule has 31 heavy (non-hydrogen) atoms. The van der Waals surface area contributed by atoms with E-state index < -0.39 is 6.10 Å². The van der Waals surface area contributed by atoms with Crippen molar-refractivity contribution in [3.63, 3.8) is 0 Å². The van der Waals surface area contributed by atoms with Gasteiger partial charge < -0.3 is 24.8 Å². The van der Waals surface area contributed by atoms with Crippen molar-refractivity contribution in [1.82, 2.24) is 4.90 Å². The second-order valence-electron chi connectivity index (χ2n) is 8.07. The Hall–Kier alpha value is -2.74. The van der Waals surface area contributed by atoms with E-state index in [2.05, 4.69) is 5.32 Å². The SMILES string of the molecule is O=C(C[C@H]1CC[C@@H]2[C@H](COC[C@H](O)CN2C(=O)c2ccccc2)O1)Nc1ccccc1. The lowest BCUT2D eigenvalue weighted by Gasteiger charge is -2.44. The van der Waals surface area contributed by atoms with Crippen molar-refractivity contribution < 1.29 is 24.2 Å². The van der Waals surface area contributed by atoms with Gasteiger partial charge in [-0.15, -0.1) is 0 Å². The smallest absolute Gasteiger partial charge is 0.254 e. The number of fused-ring (bicyclic) bond motifs is 1. The number of para-hydroxylation sites is 1. The Morgan fingerprint density at radius 1 is 1.00 bits per heavy atom. The summed E-state index contributed by atoms with van der Waals surface area (Å²) in [6, 6.07) is 18.2. The molecule has 0 radical (unpaired) electrons. The number of aliphatic hydroxyl groups is 1. The normalized spacial score (nSPS) is 26.3. The van der Waals surface area contributed by atoms with E-state index in [1.165, 1.54) is 0 Å². The zero-order valence-corrected chi connectivity index (χ0v) is 17.4. The number of carbonyl (C=O) groups is 2. The van der Waals surface area contributed by atoms with E-state index >= 15 is 0 Å². The number of amides is 2. The molecule has 0 saturated carbocycles. The zero-order chi connectivity index (χ0) is 21.6. The Morgan fingerprint density at radius 3 is 2.45 bits per heavy atom. The quantitative estimate of drug-likeness (QED) is 0.787. The summed E-state index contributed by atoms with van der Waals surface area (Å²) >= 11 is 0. The van der Waals surface area contributed by atoms with Gasteiger partial charge in [-0.05, 0) is 37.1 Å². The fourth-order valence-corrected chi connectivity index (χ4v) is 4.26. The topological polar surface area (TPSA) is 88.1 Å². The standard InChI is InChI=1S/C24H28N2O5/c27-19-14-26(24(29)17-7-3-1-4-8-17)21-12-11-20(31-22(21)16-30-15-19)13-23(28)25-18-9-5-2-6-10-18/h1-10,19-22,27H,11-16H2,(H,25,28)/t19-,20-,21-,22+/m1/s1. The molecule has 4 atom stereocenters. The summed E-state index contributed by atoms with van der Waals surface area (Å²) in [6.45, 7) is 0.610. The van der Waals surface area contributed by atoms with Crippen LogP contribution in [0, 0.1) is 0 Å². The van der Waals surface area contributed by atoms with Gasteiger partial charge in [0.25, 0.3) is 5.91 Å². The van der Waals surface area contributed by atoms with Crippen molar-refractivity contribution in [2.24, 2.45) is 0 Å². The Morgan fingerprint density at radius 2 is 1.71 bits per heavy atom. The van der Waals surface area contributed by atoms with Crippen molar-refractivity contribution in [3.8, 4) is 0 Å². The summed E-state index contributed by atoms with van der Waals surface area (Å²) in [5.74, 6) is -0.227. The molecule has 2 aromatic rings. The van der Waals surface area contributed by atoms with Crippen LogP contribution in [0.25, 0.3) is 0 Å². The van der Waals surface area contributed by atoms with Crippen molar-refractivity contribution in [1.29, 1.82) is 0 Å². The van der Waals surface area contributed by atoms with Gasteiger partial charge in [0.1, 0.15) is 6.10 Å². The van der Waals surface area contributed by atoms with Gasteiger partial charge in [-0.3, -0.25) is 9.59 Å². The third kappa shape index (κ3) is 5.50.